The number of hydrogen-bond acceptors (Lipinski definition) is 0. The summed E-state index contributed by atoms with van der Waals surface area (Å²) in [7, 11) is 0. The Bertz CT molecular complexity index is 877. The van der Waals surface area contributed by atoms with Crippen molar-refractivity contribution in [3.8, 4) is 11.1 Å². The molecule has 0 N–H and O–H groups in total. The van der Waals surface area contributed by atoms with Crippen LogP contribution in [0.4, 0.5) is 0 Å². The van der Waals surface area contributed by atoms with Crippen LogP contribution in [0.5, 0.6) is 0 Å². The maximum Gasteiger partial charge on any atom is 0 e. The minimum Gasteiger partial charge on any atom is -0.0649 e. The SMILES string of the molecule is Cc1ccc(-c2ccc(C3CCCCC3)cc2)c2c1CC(CC1CCCCC1)=C2.[Zr]. The third kappa shape index (κ3) is 4.77. The van der Waals surface area contributed by atoms with Gasteiger partial charge in [-0.05, 0) is 77.8 Å². The van der Waals surface area contributed by atoms with Crippen molar-refractivity contribution in [3.05, 3.63) is 64.2 Å². The van der Waals surface area contributed by atoms with Crippen molar-refractivity contribution in [1.82, 2.24) is 0 Å². The normalized spacial score (nSPS) is 19.8. The van der Waals surface area contributed by atoms with Crippen LogP contribution in [0.2, 0.25) is 0 Å². The molecule has 0 spiro atoms. The first kappa shape index (κ1) is 22.3. The number of fused-ring (bicyclic) bond motifs is 1. The Morgan fingerprint density at radius 1 is 0.767 bits per heavy atom. The van der Waals surface area contributed by atoms with Gasteiger partial charge < -0.3 is 0 Å². The van der Waals surface area contributed by atoms with E-state index in [0.29, 0.717) is 0 Å². The molecule has 1 heteroatoms. The molecule has 0 amide bonds. The first-order chi connectivity index (χ1) is 14.3. The summed E-state index contributed by atoms with van der Waals surface area (Å²) in [4.78, 5) is 0. The van der Waals surface area contributed by atoms with Crippen LogP contribution in [0, 0.1) is 12.8 Å². The molecule has 0 radical (unpaired) electrons. The van der Waals surface area contributed by atoms with Gasteiger partial charge in [-0.2, -0.15) is 0 Å². The van der Waals surface area contributed by atoms with E-state index in [2.05, 4.69) is 49.4 Å². The predicted octanol–water partition coefficient (Wildman–Crippen LogP) is 8.62. The van der Waals surface area contributed by atoms with Gasteiger partial charge in [0.15, 0.2) is 0 Å². The van der Waals surface area contributed by atoms with E-state index in [4.69, 9.17) is 0 Å². The molecule has 0 unspecified atom stereocenters. The van der Waals surface area contributed by atoms with Crippen molar-refractivity contribution in [1.29, 1.82) is 0 Å². The second kappa shape index (κ2) is 10.1. The van der Waals surface area contributed by atoms with Gasteiger partial charge in [-0.1, -0.05) is 99.4 Å². The van der Waals surface area contributed by atoms with E-state index in [0.717, 1.165) is 11.8 Å². The van der Waals surface area contributed by atoms with Crippen molar-refractivity contribution in [3.63, 3.8) is 0 Å². The number of hydrogen-bond donors (Lipinski definition) is 0. The van der Waals surface area contributed by atoms with Gasteiger partial charge in [0.05, 0.1) is 0 Å². The molecule has 156 valence electrons. The summed E-state index contributed by atoms with van der Waals surface area (Å²) >= 11 is 0. The van der Waals surface area contributed by atoms with Crippen molar-refractivity contribution in [2.45, 2.75) is 89.9 Å². The molecule has 3 aliphatic rings. The van der Waals surface area contributed by atoms with Gasteiger partial charge in [0.1, 0.15) is 0 Å². The average Bonchev–Trinajstić information content (AvgIpc) is 3.20. The summed E-state index contributed by atoms with van der Waals surface area (Å²) in [5, 5.41) is 0. The van der Waals surface area contributed by atoms with Crippen LogP contribution < -0.4 is 0 Å². The number of benzene rings is 2. The van der Waals surface area contributed by atoms with E-state index in [9.17, 15) is 0 Å². The van der Waals surface area contributed by atoms with Crippen LogP contribution >= 0.6 is 0 Å². The third-order valence-corrected chi connectivity index (χ3v) is 7.92. The molecule has 0 bridgehead atoms. The quantitative estimate of drug-likeness (QED) is 0.415. The number of aryl methyl sites for hydroxylation is 1. The minimum atomic E-state index is 0. The van der Waals surface area contributed by atoms with Crippen LogP contribution in [-0.2, 0) is 32.6 Å². The van der Waals surface area contributed by atoms with Gasteiger partial charge in [0, 0.05) is 26.2 Å². The predicted molar refractivity (Wildman–Crippen MR) is 125 cm³/mol. The fourth-order valence-corrected chi connectivity index (χ4v) is 6.17. The zero-order valence-electron chi connectivity index (χ0n) is 18.7. The van der Waals surface area contributed by atoms with Crippen molar-refractivity contribution in [2.75, 3.05) is 0 Å². The van der Waals surface area contributed by atoms with E-state index >= 15 is 0 Å². The monoisotopic (exact) mass is 474 g/mol. The molecule has 0 heterocycles. The van der Waals surface area contributed by atoms with E-state index in [1.807, 2.05) is 0 Å². The third-order valence-electron chi connectivity index (χ3n) is 7.92. The second-order valence-electron chi connectivity index (χ2n) is 9.97. The van der Waals surface area contributed by atoms with Gasteiger partial charge in [-0.3, -0.25) is 0 Å². The minimum absolute atomic E-state index is 0. The fourth-order valence-electron chi connectivity index (χ4n) is 6.17. The summed E-state index contributed by atoms with van der Waals surface area (Å²) in [5.74, 6) is 1.73. The van der Waals surface area contributed by atoms with Gasteiger partial charge in [-0.25, -0.2) is 0 Å². The van der Waals surface area contributed by atoms with Crippen molar-refractivity contribution < 1.29 is 26.2 Å². The molecular formula is C29H36Zr. The summed E-state index contributed by atoms with van der Waals surface area (Å²) < 4.78 is 0. The molecule has 30 heavy (non-hydrogen) atoms. The Balaban J connectivity index is 0.00000218. The average molecular weight is 476 g/mol. The first-order valence-electron chi connectivity index (χ1n) is 12.2. The molecular weight excluding hydrogens is 440 g/mol. The molecule has 0 saturated heterocycles. The molecule has 0 aromatic heterocycles. The molecule has 2 aromatic rings. The fraction of sp³-hybridized carbons (Fsp3) is 0.517. The van der Waals surface area contributed by atoms with Crippen LogP contribution in [0.15, 0.2) is 42.0 Å². The van der Waals surface area contributed by atoms with E-state index < -0.39 is 0 Å². The number of rotatable bonds is 4. The first-order valence-corrected chi connectivity index (χ1v) is 12.2. The Morgan fingerprint density at radius 3 is 2.13 bits per heavy atom. The smallest absolute Gasteiger partial charge is 0 e. The summed E-state index contributed by atoms with van der Waals surface area (Å²) in [6.45, 7) is 2.30. The van der Waals surface area contributed by atoms with Crippen molar-refractivity contribution in [2.24, 2.45) is 5.92 Å². The Hall–Kier alpha value is -0.937. The molecule has 5 rings (SSSR count). The maximum absolute atomic E-state index is 2.56. The molecule has 0 nitrogen and oxygen atoms in total. The summed E-state index contributed by atoms with van der Waals surface area (Å²) in [6, 6.07) is 14.3. The molecule has 2 fully saturated rings. The van der Waals surface area contributed by atoms with Crippen molar-refractivity contribution >= 4 is 6.08 Å². The Morgan fingerprint density at radius 2 is 1.43 bits per heavy atom. The Kier molecular flexibility index (Phi) is 7.51. The summed E-state index contributed by atoms with van der Waals surface area (Å²) in [5.41, 5.74) is 10.7. The van der Waals surface area contributed by atoms with E-state index in [-0.39, 0.29) is 26.2 Å². The molecule has 0 aliphatic heterocycles. The van der Waals surface area contributed by atoms with Crippen LogP contribution in [0.25, 0.3) is 17.2 Å². The largest absolute Gasteiger partial charge is 0.0649 e. The molecule has 0 atom stereocenters. The topological polar surface area (TPSA) is 0 Å². The Labute approximate surface area is 202 Å². The summed E-state index contributed by atoms with van der Waals surface area (Å²) in [6.07, 6.45) is 19.3. The van der Waals surface area contributed by atoms with Gasteiger partial charge in [0.25, 0.3) is 0 Å². The van der Waals surface area contributed by atoms with Gasteiger partial charge >= 0.3 is 0 Å². The molecule has 2 saturated carbocycles. The second-order valence-corrected chi connectivity index (χ2v) is 9.97. The maximum atomic E-state index is 2.56. The number of allylic oxidation sites excluding steroid dienone is 1. The van der Waals surface area contributed by atoms with Crippen LogP contribution in [0.1, 0.15) is 98.8 Å². The zero-order chi connectivity index (χ0) is 19.6. The van der Waals surface area contributed by atoms with E-state index in [1.165, 1.54) is 99.3 Å². The zero-order valence-corrected chi connectivity index (χ0v) is 21.1. The molecule has 3 aliphatic carbocycles. The van der Waals surface area contributed by atoms with E-state index in [1.54, 1.807) is 16.7 Å². The van der Waals surface area contributed by atoms with Crippen LogP contribution in [-0.4, -0.2) is 0 Å². The van der Waals surface area contributed by atoms with Gasteiger partial charge in [-0.15, -0.1) is 0 Å². The van der Waals surface area contributed by atoms with Gasteiger partial charge in [0.2, 0.25) is 0 Å². The van der Waals surface area contributed by atoms with Crippen LogP contribution in [0.3, 0.4) is 0 Å². The molecule has 2 aromatic carbocycles. The standard InChI is InChI=1S/C29H36.Zr/c1-21-12-17-27(26-15-13-25(14-16-26)24-10-6-3-7-11-24)29-20-23(19-28(21)29)18-22-8-4-2-5-9-22;/h12-17,20,22,24H,2-11,18-19H2,1H3;.